The van der Waals surface area contributed by atoms with Gasteiger partial charge in [-0.1, -0.05) is 0 Å². The summed E-state index contributed by atoms with van der Waals surface area (Å²) in [5.41, 5.74) is 2.33. The van der Waals surface area contributed by atoms with Crippen LogP contribution < -0.4 is 10.1 Å². The minimum Gasteiger partial charge on any atom is -0.481 e. The number of anilines is 1. The monoisotopic (exact) mass is 392 g/mol. The van der Waals surface area contributed by atoms with E-state index < -0.39 is 0 Å². The van der Waals surface area contributed by atoms with Gasteiger partial charge < -0.3 is 15.0 Å². The number of nitrogens with zero attached hydrogens (tertiary/aromatic N) is 4. The number of carbonyl (C=O) groups excluding carboxylic acids is 1. The standard InChI is InChI=1S/C19H16N6O2S/c1-11(26)24-14-10-12(5-7-20-14)19-25-15(13-4-3-6-23-18(13)27-2)16(28-19)17-21-8-9-22-17/h3-10H,1-2H3,(H,21,22)(H,20,24,26). The second kappa shape index (κ2) is 7.57. The molecule has 8 nitrogen and oxygen atoms in total. The molecule has 4 rings (SSSR count). The Labute approximate surface area is 164 Å². The van der Waals surface area contributed by atoms with Gasteiger partial charge in [-0.2, -0.15) is 0 Å². The molecule has 0 aliphatic carbocycles. The molecule has 4 heterocycles. The normalized spacial score (nSPS) is 10.6. The molecule has 140 valence electrons. The molecule has 0 fully saturated rings. The van der Waals surface area contributed by atoms with Gasteiger partial charge in [-0.15, -0.1) is 11.3 Å². The molecule has 4 aromatic rings. The Morgan fingerprint density at radius 2 is 2.07 bits per heavy atom. The Balaban J connectivity index is 1.86. The summed E-state index contributed by atoms with van der Waals surface area (Å²) in [4.78, 5) is 33.0. The van der Waals surface area contributed by atoms with Gasteiger partial charge in [-0.05, 0) is 24.3 Å². The van der Waals surface area contributed by atoms with Crippen LogP contribution in [-0.2, 0) is 4.79 Å². The highest BCUT2D eigenvalue weighted by Crippen LogP contribution is 2.41. The van der Waals surface area contributed by atoms with Crippen molar-refractivity contribution in [1.82, 2.24) is 24.9 Å². The van der Waals surface area contributed by atoms with E-state index in [0.29, 0.717) is 17.5 Å². The highest BCUT2D eigenvalue weighted by molar-refractivity contribution is 7.18. The zero-order valence-electron chi connectivity index (χ0n) is 15.1. The molecule has 9 heteroatoms. The SMILES string of the molecule is COc1ncccc1-c1nc(-c2ccnc(NC(C)=O)c2)sc1-c1ncc[nH]1. The predicted molar refractivity (Wildman–Crippen MR) is 107 cm³/mol. The molecular formula is C19H16N6O2S. The summed E-state index contributed by atoms with van der Waals surface area (Å²) in [5, 5.41) is 3.46. The van der Waals surface area contributed by atoms with E-state index in [9.17, 15) is 4.79 Å². The lowest BCUT2D eigenvalue weighted by Crippen LogP contribution is -2.07. The summed E-state index contributed by atoms with van der Waals surface area (Å²) in [6.07, 6.45) is 6.77. The molecule has 0 radical (unpaired) electrons. The minimum atomic E-state index is -0.180. The van der Waals surface area contributed by atoms with E-state index in [1.165, 1.54) is 18.3 Å². The van der Waals surface area contributed by atoms with Crippen LogP contribution in [0.2, 0.25) is 0 Å². The Kier molecular flexibility index (Phi) is 4.81. The highest BCUT2D eigenvalue weighted by Gasteiger charge is 2.21. The first kappa shape index (κ1) is 17.8. The number of hydrogen-bond donors (Lipinski definition) is 2. The van der Waals surface area contributed by atoms with E-state index in [0.717, 1.165) is 26.7 Å². The zero-order valence-corrected chi connectivity index (χ0v) is 15.9. The second-order valence-corrected chi connectivity index (χ2v) is 6.80. The van der Waals surface area contributed by atoms with Gasteiger partial charge >= 0.3 is 0 Å². The molecule has 0 spiro atoms. The van der Waals surface area contributed by atoms with Crippen LogP contribution in [0.25, 0.3) is 32.5 Å². The molecule has 4 aromatic heterocycles. The van der Waals surface area contributed by atoms with Crippen molar-refractivity contribution in [3.05, 3.63) is 49.1 Å². The topological polar surface area (TPSA) is 106 Å². The van der Waals surface area contributed by atoms with Gasteiger partial charge in [0.1, 0.15) is 16.6 Å². The van der Waals surface area contributed by atoms with Gasteiger partial charge in [0.2, 0.25) is 11.8 Å². The van der Waals surface area contributed by atoms with E-state index in [1.54, 1.807) is 38.0 Å². The fraction of sp³-hybridized carbons (Fsp3) is 0.105. The highest BCUT2D eigenvalue weighted by atomic mass is 32.1. The van der Waals surface area contributed by atoms with Gasteiger partial charge in [0, 0.05) is 37.3 Å². The number of aromatic nitrogens is 5. The van der Waals surface area contributed by atoms with Crippen molar-refractivity contribution in [2.24, 2.45) is 0 Å². The third-order valence-electron chi connectivity index (χ3n) is 3.87. The molecule has 0 aliphatic heterocycles. The van der Waals surface area contributed by atoms with E-state index in [-0.39, 0.29) is 5.91 Å². The number of thiazole rings is 1. The molecule has 0 bridgehead atoms. The molecule has 0 unspecified atom stereocenters. The summed E-state index contributed by atoms with van der Waals surface area (Å²) in [6, 6.07) is 7.38. The van der Waals surface area contributed by atoms with Crippen LogP contribution in [0.1, 0.15) is 6.92 Å². The van der Waals surface area contributed by atoms with E-state index in [2.05, 4.69) is 25.3 Å². The molecule has 28 heavy (non-hydrogen) atoms. The average molecular weight is 392 g/mol. The predicted octanol–water partition coefficient (Wildman–Crippen LogP) is 3.62. The lowest BCUT2D eigenvalue weighted by atomic mass is 10.1. The fourth-order valence-electron chi connectivity index (χ4n) is 2.72. The van der Waals surface area contributed by atoms with Crippen LogP contribution in [0.3, 0.4) is 0 Å². The lowest BCUT2D eigenvalue weighted by Gasteiger charge is -2.05. The molecule has 0 atom stereocenters. The number of aromatic amines is 1. The van der Waals surface area contributed by atoms with Gasteiger partial charge in [0.05, 0.1) is 23.2 Å². The van der Waals surface area contributed by atoms with Gasteiger partial charge in [-0.3, -0.25) is 4.79 Å². The number of nitrogens with one attached hydrogen (secondary N) is 2. The molecule has 0 saturated heterocycles. The fourth-order valence-corrected chi connectivity index (χ4v) is 3.76. The number of carbonyl (C=O) groups is 1. The number of methoxy groups -OCH3 is 1. The molecule has 0 aliphatic rings. The van der Waals surface area contributed by atoms with Crippen molar-refractivity contribution in [2.75, 3.05) is 12.4 Å². The second-order valence-electron chi connectivity index (χ2n) is 5.81. The first-order valence-corrected chi connectivity index (χ1v) is 9.21. The molecule has 0 aromatic carbocycles. The summed E-state index contributed by atoms with van der Waals surface area (Å²) in [5.74, 6) is 1.49. The van der Waals surface area contributed by atoms with Crippen LogP contribution in [-0.4, -0.2) is 37.9 Å². The first-order chi connectivity index (χ1) is 13.7. The van der Waals surface area contributed by atoms with Crippen LogP contribution in [0.15, 0.2) is 49.1 Å². The quantitative estimate of drug-likeness (QED) is 0.537. The third-order valence-corrected chi connectivity index (χ3v) is 4.98. The summed E-state index contributed by atoms with van der Waals surface area (Å²) in [7, 11) is 1.58. The zero-order chi connectivity index (χ0) is 19.5. The smallest absolute Gasteiger partial charge is 0.222 e. The van der Waals surface area contributed by atoms with Crippen molar-refractivity contribution < 1.29 is 9.53 Å². The molecule has 2 N–H and O–H groups in total. The van der Waals surface area contributed by atoms with Crippen LogP contribution in [0.4, 0.5) is 5.82 Å². The number of imidazole rings is 1. The number of ether oxygens (including phenoxy) is 1. The number of amides is 1. The Hall–Kier alpha value is -3.59. The maximum absolute atomic E-state index is 11.3. The summed E-state index contributed by atoms with van der Waals surface area (Å²) < 4.78 is 5.42. The summed E-state index contributed by atoms with van der Waals surface area (Å²) >= 11 is 1.48. The molecule has 0 saturated carbocycles. The maximum Gasteiger partial charge on any atom is 0.222 e. The maximum atomic E-state index is 11.3. The Morgan fingerprint density at radius 1 is 1.18 bits per heavy atom. The third kappa shape index (κ3) is 3.47. The lowest BCUT2D eigenvalue weighted by molar-refractivity contribution is -0.114. The molecular weight excluding hydrogens is 376 g/mol. The van der Waals surface area contributed by atoms with Gasteiger partial charge in [-0.25, -0.2) is 19.9 Å². The van der Waals surface area contributed by atoms with Crippen LogP contribution in [0.5, 0.6) is 5.88 Å². The minimum absolute atomic E-state index is 0.180. The van der Waals surface area contributed by atoms with Crippen LogP contribution in [0, 0.1) is 0 Å². The van der Waals surface area contributed by atoms with Crippen LogP contribution >= 0.6 is 11.3 Å². The van der Waals surface area contributed by atoms with E-state index in [4.69, 9.17) is 9.72 Å². The number of rotatable bonds is 5. The van der Waals surface area contributed by atoms with Crippen molar-refractivity contribution in [1.29, 1.82) is 0 Å². The van der Waals surface area contributed by atoms with Crippen molar-refractivity contribution >= 4 is 23.1 Å². The van der Waals surface area contributed by atoms with E-state index in [1.807, 2.05) is 18.2 Å². The average Bonchev–Trinajstić information content (AvgIpc) is 3.37. The van der Waals surface area contributed by atoms with Gasteiger partial charge in [0.15, 0.2) is 0 Å². The van der Waals surface area contributed by atoms with Crippen molar-refractivity contribution in [2.45, 2.75) is 6.92 Å². The van der Waals surface area contributed by atoms with E-state index >= 15 is 0 Å². The number of pyridine rings is 2. The van der Waals surface area contributed by atoms with Gasteiger partial charge in [0.25, 0.3) is 0 Å². The summed E-state index contributed by atoms with van der Waals surface area (Å²) in [6.45, 7) is 1.44. The molecule has 1 amide bonds. The number of H-pyrrole nitrogens is 1. The van der Waals surface area contributed by atoms with Crippen molar-refractivity contribution in [3.63, 3.8) is 0 Å². The Morgan fingerprint density at radius 3 is 2.82 bits per heavy atom. The Bertz CT molecular complexity index is 1120. The largest absolute Gasteiger partial charge is 0.481 e. The number of hydrogen-bond acceptors (Lipinski definition) is 7. The van der Waals surface area contributed by atoms with Crippen molar-refractivity contribution in [3.8, 4) is 38.4 Å². The first-order valence-electron chi connectivity index (χ1n) is 8.39.